The normalized spacial score (nSPS) is 11.1. The van der Waals surface area contributed by atoms with E-state index in [2.05, 4.69) is 15.2 Å². The number of phenolic OH excluding ortho intramolecular Hbond substituents is 1. The van der Waals surface area contributed by atoms with Crippen molar-refractivity contribution in [2.75, 3.05) is 0 Å². The Morgan fingerprint density at radius 2 is 2.19 bits per heavy atom. The number of phenols is 1. The Balaban J connectivity index is 2.40. The van der Waals surface area contributed by atoms with E-state index in [1.165, 1.54) is 12.1 Å². The van der Waals surface area contributed by atoms with Crippen LogP contribution >= 0.6 is 12.2 Å². The second-order valence-corrected chi connectivity index (χ2v) is 4.63. The molecule has 0 radical (unpaired) electrons. The number of nitro benzene ring substituents is 1. The molecule has 2 rings (SSSR count). The minimum atomic E-state index is -0.565. The van der Waals surface area contributed by atoms with Gasteiger partial charge in [0.25, 0.3) is 5.69 Å². The number of azo groups is 1. The molecule has 1 aromatic carbocycles. The predicted octanol–water partition coefficient (Wildman–Crippen LogP) is 3.90. The van der Waals surface area contributed by atoms with Crippen molar-refractivity contribution in [3.05, 3.63) is 38.8 Å². The highest BCUT2D eigenvalue weighted by Crippen LogP contribution is 2.32. The zero-order valence-corrected chi connectivity index (χ0v) is 12.2. The number of aromatic nitrogens is 2. The van der Waals surface area contributed by atoms with Crippen LogP contribution in [-0.4, -0.2) is 19.6 Å². The van der Waals surface area contributed by atoms with Gasteiger partial charge in [0.1, 0.15) is 11.4 Å². The van der Waals surface area contributed by atoms with Crippen LogP contribution in [0.15, 0.2) is 28.4 Å². The molecule has 0 atom stereocenters. The average molecular weight is 307 g/mol. The lowest BCUT2D eigenvalue weighted by Crippen LogP contribution is -1.95. The summed E-state index contributed by atoms with van der Waals surface area (Å²) < 4.78 is 2.36. The molecule has 0 aliphatic carbocycles. The molecule has 0 fully saturated rings. The number of rotatable bonds is 4. The van der Waals surface area contributed by atoms with Gasteiger partial charge in [0.05, 0.1) is 10.6 Å². The average Bonchev–Trinajstić information content (AvgIpc) is 2.71. The summed E-state index contributed by atoms with van der Waals surface area (Å²) in [6.45, 7) is 4.47. The monoisotopic (exact) mass is 307 g/mol. The first kappa shape index (κ1) is 14.9. The van der Waals surface area contributed by atoms with Crippen molar-refractivity contribution in [3.8, 4) is 5.75 Å². The summed E-state index contributed by atoms with van der Waals surface area (Å²) in [5, 5.41) is 28.2. The second-order valence-electron chi connectivity index (χ2n) is 4.24. The van der Waals surface area contributed by atoms with Gasteiger partial charge >= 0.3 is 0 Å². The van der Waals surface area contributed by atoms with Crippen molar-refractivity contribution >= 4 is 29.4 Å². The van der Waals surface area contributed by atoms with Crippen LogP contribution in [0.2, 0.25) is 0 Å². The third-order valence-electron chi connectivity index (χ3n) is 2.96. The number of non-ortho nitro benzene ring substituents is 1. The van der Waals surface area contributed by atoms with Gasteiger partial charge in [-0.15, -0.1) is 10.2 Å². The van der Waals surface area contributed by atoms with E-state index in [0.29, 0.717) is 17.1 Å². The van der Waals surface area contributed by atoms with Crippen LogP contribution in [0, 0.1) is 21.8 Å². The van der Waals surface area contributed by atoms with Gasteiger partial charge in [-0.2, -0.15) is 0 Å². The Hall–Kier alpha value is -2.55. The lowest BCUT2D eigenvalue weighted by molar-refractivity contribution is -0.384. The molecule has 110 valence electrons. The van der Waals surface area contributed by atoms with E-state index in [-0.39, 0.29) is 17.1 Å². The molecule has 0 unspecified atom stereocenters. The number of nitrogens with one attached hydrogen (secondary N) is 1. The number of aromatic amines is 1. The van der Waals surface area contributed by atoms with E-state index in [0.717, 1.165) is 11.8 Å². The SMILES string of the molecule is CCn1c(C)c(N=Nc2cc([N+](=O)[O-])ccc2O)[nH]c1=S. The molecule has 2 aromatic rings. The second kappa shape index (κ2) is 5.83. The van der Waals surface area contributed by atoms with E-state index in [1.807, 2.05) is 18.4 Å². The molecule has 21 heavy (non-hydrogen) atoms. The molecule has 0 bridgehead atoms. The summed E-state index contributed by atoms with van der Waals surface area (Å²) in [7, 11) is 0. The zero-order chi connectivity index (χ0) is 15.6. The first-order chi connectivity index (χ1) is 9.93. The lowest BCUT2D eigenvalue weighted by Gasteiger charge is -1.99. The third kappa shape index (κ3) is 2.97. The van der Waals surface area contributed by atoms with Crippen molar-refractivity contribution in [1.82, 2.24) is 9.55 Å². The summed E-state index contributed by atoms with van der Waals surface area (Å²) in [4.78, 5) is 13.0. The third-order valence-corrected chi connectivity index (χ3v) is 3.28. The molecule has 2 N–H and O–H groups in total. The topological polar surface area (TPSA) is 109 Å². The Bertz CT molecular complexity index is 778. The molecule has 1 aromatic heterocycles. The fourth-order valence-corrected chi connectivity index (χ4v) is 2.19. The Morgan fingerprint density at radius 3 is 2.76 bits per heavy atom. The molecule has 0 amide bonds. The number of aromatic hydroxyl groups is 1. The van der Waals surface area contributed by atoms with Crippen LogP contribution in [0.25, 0.3) is 0 Å². The molecule has 0 aliphatic rings. The number of imidazole rings is 1. The summed E-state index contributed by atoms with van der Waals surface area (Å²) in [6, 6.07) is 3.55. The molecule has 1 heterocycles. The van der Waals surface area contributed by atoms with Crippen molar-refractivity contribution in [1.29, 1.82) is 0 Å². The van der Waals surface area contributed by atoms with Crippen molar-refractivity contribution in [3.63, 3.8) is 0 Å². The van der Waals surface area contributed by atoms with E-state index in [1.54, 1.807) is 0 Å². The summed E-state index contributed by atoms with van der Waals surface area (Å²) >= 11 is 5.14. The quantitative estimate of drug-likeness (QED) is 0.386. The fraction of sp³-hybridized carbons (Fsp3) is 0.250. The van der Waals surface area contributed by atoms with Crippen LogP contribution < -0.4 is 0 Å². The smallest absolute Gasteiger partial charge is 0.271 e. The number of hydrogen-bond acceptors (Lipinski definition) is 6. The standard InChI is InChI=1S/C12H13N5O3S/c1-3-16-7(2)11(13-12(16)21)15-14-9-6-8(17(19)20)4-5-10(9)18/h4-6,18H,3H2,1-2H3,(H,13,21). The highest BCUT2D eigenvalue weighted by molar-refractivity contribution is 7.71. The number of nitro groups is 1. The minimum absolute atomic E-state index is 0.0205. The van der Waals surface area contributed by atoms with Crippen LogP contribution in [-0.2, 0) is 6.54 Å². The lowest BCUT2D eigenvalue weighted by atomic mass is 10.2. The molecule has 0 saturated carbocycles. The Morgan fingerprint density at radius 1 is 1.48 bits per heavy atom. The van der Waals surface area contributed by atoms with Crippen LogP contribution in [0.4, 0.5) is 17.2 Å². The predicted molar refractivity (Wildman–Crippen MR) is 79.0 cm³/mol. The Kier molecular flexibility index (Phi) is 4.13. The number of benzene rings is 1. The molecular weight excluding hydrogens is 294 g/mol. The number of hydrogen-bond donors (Lipinski definition) is 2. The van der Waals surface area contributed by atoms with Gasteiger partial charge in [0.15, 0.2) is 10.6 Å². The molecule has 0 aliphatic heterocycles. The van der Waals surface area contributed by atoms with E-state index in [4.69, 9.17) is 12.2 Å². The molecule has 9 heteroatoms. The van der Waals surface area contributed by atoms with Crippen LogP contribution in [0.1, 0.15) is 12.6 Å². The molecule has 8 nitrogen and oxygen atoms in total. The maximum atomic E-state index is 10.7. The van der Waals surface area contributed by atoms with Crippen molar-refractivity contribution < 1.29 is 10.0 Å². The van der Waals surface area contributed by atoms with E-state index >= 15 is 0 Å². The van der Waals surface area contributed by atoms with Crippen LogP contribution in [0.5, 0.6) is 5.75 Å². The summed E-state index contributed by atoms with van der Waals surface area (Å²) in [5.41, 5.74) is 0.654. The Labute approximate surface area is 124 Å². The number of nitrogens with zero attached hydrogens (tertiary/aromatic N) is 4. The fourth-order valence-electron chi connectivity index (χ4n) is 1.83. The summed E-state index contributed by atoms with van der Waals surface area (Å²) in [5.74, 6) is 0.267. The van der Waals surface area contributed by atoms with Gasteiger partial charge in [-0.25, -0.2) is 0 Å². The van der Waals surface area contributed by atoms with Crippen molar-refractivity contribution in [2.24, 2.45) is 10.2 Å². The minimum Gasteiger partial charge on any atom is -0.506 e. The van der Waals surface area contributed by atoms with Gasteiger partial charge < -0.3 is 14.7 Å². The molecule has 0 spiro atoms. The maximum absolute atomic E-state index is 10.7. The molecule has 0 saturated heterocycles. The van der Waals surface area contributed by atoms with Gasteiger partial charge in [0.2, 0.25) is 0 Å². The number of H-pyrrole nitrogens is 1. The first-order valence-electron chi connectivity index (χ1n) is 6.12. The largest absolute Gasteiger partial charge is 0.506 e. The maximum Gasteiger partial charge on any atom is 0.271 e. The summed E-state index contributed by atoms with van der Waals surface area (Å²) in [6.07, 6.45) is 0. The van der Waals surface area contributed by atoms with Gasteiger partial charge in [-0.05, 0) is 32.1 Å². The zero-order valence-electron chi connectivity index (χ0n) is 11.4. The molecular formula is C12H13N5O3S. The van der Waals surface area contributed by atoms with Gasteiger partial charge in [-0.1, -0.05) is 0 Å². The van der Waals surface area contributed by atoms with E-state index < -0.39 is 4.92 Å². The highest BCUT2D eigenvalue weighted by Gasteiger charge is 2.11. The van der Waals surface area contributed by atoms with Crippen LogP contribution in [0.3, 0.4) is 0 Å². The van der Waals surface area contributed by atoms with Crippen molar-refractivity contribution in [2.45, 2.75) is 20.4 Å². The van der Waals surface area contributed by atoms with Gasteiger partial charge in [0, 0.05) is 18.7 Å². The highest BCUT2D eigenvalue weighted by atomic mass is 32.1. The van der Waals surface area contributed by atoms with E-state index in [9.17, 15) is 15.2 Å². The van der Waals surface area contributed by atoms with Gasteiger partial charge in [-0.3, -0.25) is 10.1 Å². The first-order valence-corrected chi connectivity index (χ1v) is 6.53.